The van der Waals surface area contributed by atoms with Crippen molar-refractivity contribution in [2.75, 3.05) is 6.54 Å². The van der Waals surface area contributed by atoms with Crippen LogP contribution in [-0.2, 0) is 0 Å². The summed E-state index contributed by atoms with van der Waals surface area (Å²) < 4.78 is 0. The molecule has 0 saturated carbocycles. The number of nitrogens with one attached hydrogen (secondary N) is 1. The number of rotatable bonds is 5. The van der Waals surface area contributed by atoms with Gasteiger partial charge < -0.3 is 5.32 Å². The van der Waals surface area contributed by atoms with Crippen LogP contribution in [0.25, 0.3) is 10.9 Å². The van der Waals surface area contributed by atoms with E-state index >= 15 is 0 Å². The average Bonchev–Trinajstić information content (AvgIpc) is 3.02. The smallest absolute Gasteiger partial charge is 0.0705 e. The van der Waals surface area contributed by atoms with Gasteiger partial charge in [0.05, 0.1) is 11.6 Å². The van der Waals surface area contributed by atoms with E-state index < -0.39 is 0 Å². The van der Waals surface area contributed by atoms with Crippen LogP contribution in [-0.4, -0.2) is 11.5 Å². The number of nitrogens with zero attached hydrogens (tertiary/aromatic N) is 1. The standard InChI is InChI=1S/C18H20N2S/c1-3-9-19-18(16-8-10-21-12-16)15-6-7-17-14(11-15)5-4-13(2)20-17/h4-8,10-12,18-19H,3,9H2,1-2H3. The predicted octanol–water partition coefficient (Wildman–Crippen LogP) is 4.69. The lowest BCUT2D eigenvalue weighted by molar-refractivity contribution is 0.600. The zero-order valence-corrected chi connectivity index (χ0v) is 13.3. The van der Waals surface area contributed by atoms with Crippen LogP contribution in [0.3, 0.4) is 0 Å². The summed E-state index contributed by atoms with van der Waals surface area (Å²) in [6, 6.07) is 13.3. The van der Waals surface area contributed by atoms with Gasteiger partial charge in [-0.25, -0.2) is 0 Å². The topological polar surface area (TPSA) is 24.9 Å². The van der Waals surface area contributed by atoms with E-state index in [2.05, 4.69) is 64.4 Å². The first-order valence-electron chi connectivity index (χ1n) is 7.40. The van der Waals surface area contributed by atoms with Crippen molar-refractivity contribution in [3.8, 4) is 0 Å². The van der Waals surface area contributed by atoms with E-state index in [0.717, 1.165) is 24.2 Å². The molecule has 2 nitrogen and oxygen atoms in total. The molecule has 0 amide bonds. The largest absolute Gasteiger partial charge is 0.306 e. The van der Waals surface area contributed by atoms with Crippen LogP contribution in [0.5, 0.6) is 0 Å². The normalized spacial score (nSPS) is 12.7. The van der Waals surface area contributed by atoms with Gasteiger partial charge in [0.1, 0.15) is 0 Å². The molecule has 0 aliphatic carbocycles. The van der Waals surface area contributed by atoms with Gasteiger partial charge in [-0.15, -0.1) is 0 Å². The van der Waals surface area contributed by atoms with Crippen LogP contribution in [0.15, 0.2) is 47.2 Å². The van der Waals surface area contributed by atoms with Crippen molar-refractivity contribution < 1.29 is 0 Å². The number of thiophene rings is 1. The van der Waals surface area contributed by atoms with Crippen molar-refractivity contribution in [3.63, 3.8) is 0 Å². The third-order valence-electron chi connectivity index (χ3n) is 3.66. The van der Waals surface area contributed by atoms with Crippen LogP contribution in [0.4, 0.5) is 0 Å². The number of benzene rings is 1. The third-order valence-corrected chi connectivity index (χ3v) is 4.36. The zero-order valence-electron chi connectivity index (χ0n) is 12.5. The van der Waals surface area contributed by atoms with Crippen molar-refractivity contribution in [3.05, 3.63) is 64.0 Å². The molecule has 2 aromatic heterocycles. The highest BCUT2D eigenvalue weighted by molar-refractivity contribution is 7.08. The van der Waals surface area contributed by atoms with Crippen molar-refractivity contribution >= 4 is 22.2 Å². The molecule has 1 aromatic carbocycles. The molecule has 0 saturated heterocycles. The second-order valence-corrected chi connectivity index (χ2v) is 6.13. The van der Waals surface area contributed by atoms with E-state index in [9.17, 15) is 0 Å². The Morgan fingerprint density at radius 2 is 2.05 bits per heavy atom. The lowest BCUT2D eigenvalue weighted by atomic mass is 9.99. The maximum Gasteiger partial charge on any atom is 0.0705 e. The molecular weight excluding hydrogens is 276 g/mol. The zero-order chi connectivity index (χ0) is 14.7. The minimum atomic E-state index is 0.266. The number of hydrogen-bond donors (Lipinski definition) is 1. The molecule has 0 aliphatic heterocycles. The Kier molecular flexibility index (Phi) is 4.32. The van der Waals surface area contributed by atoms with E-state index in [-0.39, 0.29) is 6.04 Å². The Labute approximate surface area is 129 Å². The molecule has 0 spiro atoms. The van der Waals surface area contributed by atoms with Gasteiger partial charge in [-0.05, 0) is 66.0 Å². The van der Waals surface area contributed by atoms with Crippen molar-refractivity contribution in [1.82, 2.24) is 10.3 Å². The number of fused-ring (bicyclic) bond motifs is 1. The Morgan fingerprint density at radius 3 is 2.81 bits per heavy atom. The van der Waals surface area contributed by atoms with Gasteiger partial charge >= 0.3 is 0 Å². The number of aryl methyl sites for hydroxylation is 1. The van der Waals surface area contributed by atoms with Gasteiger partial charge in [0.25, 0.3) is 0 Å². The fourth-order valence-electron chi connectivity index (χ4n) is 2.58. The summed E-state index contributed by atoms with van der Waals surface area (Å²) in [5.41, 5.74) is 4.78. The lowest BCUT2D eigenvalue weighted by Crippen LogP contribution is -2.22. The van der Waals surface area contributed by atoms with Crippen LogP contribution in [0.2, 0.25) is 0 Å². The first-order valence-corrected chi connectivity index (χ1v) is 8.35. The summed E-state index contributed by atoms with van der Waals surface area (Å²) in [5.74, 6) is 0. The summed E-state index contributed by atoms with van der Waals surface area (Å²) in [6.45, 7) is 5.25. The van der Waals surface area contributed by atoms with Crippen LogP contribution >= 0.6 is 11.3 Å². The Hall–Kier alpha value is -1.71. The molecule has 0 aliphatic rings. The molecule has 0 bridgehead atoms. The highest BCUT2D eigenvalue weighted by Gasteiger charge is 2.14. The molecule has 0 radical (unpaired) electrons. The van der Waals surface area contributed by atoms with Crippen LogP contribution < -0.4 is 5.32 Å². The summed E-state index contributed by atoms with van der Waals surface area (Å²) in [5, 5.41) is 9.22. The first kappa shape index (κ1) is 14.2. The summed E-state index contributed by atoms with van der Waals surface area (Å²) in [4.78, 5) is 4.58. The number of pyridine rings is 1. The Morgan fingerprint density at radius 1 is 1.14 bits per heavy atom. The third kappa shape index (κ3) is 3.14. The second kappa shape index (κ2) is 6.37. The molecule has 3 aromatic rings. The maximum atomic E-state index is 4.58. The minimum absolute atomic E-state index is 0.266. The molecule has 108 valence electrons. The molecule has 1 unspecified atom stereocenters. The molecule has 3 heteroatoms. The van der Waals surface area contributed by atoms with E-state index in [4.69, 9.17) is 0 Å². The number of hydrogen-bond acceptors (Lipinski definition) is 3. The van der Waals surface area contributed by atoms with E-state index in [1.54, 1.807) is 11.3 Å². The van der Waals surface area contributed by atoms with Gasteiger partial charge in [-0.1, -0.05) is 19.1 Å². The van der Waals surface area contributed by atoms with E-state index in [1.165, 1.54) is 16.5 Å². The fraction of sp³-hybridized carbons (Fsp3) is 0.278. The van der Waals surface area contributed by atoms with E-state index in [1.807, 2.05) is 6.92 Å². The molecule has 21 heavy (non-hydrogen) atoms. The van der Waals surface area contributed by atoms with Crippen molar-refractivity contribution in [2.24, 2.45) is 0 Å². The average molecular weight is 296 g/mol. The Balaban J connectivity index is 2.00. The maximum absolute atomic E-state index is 4.58. The first-order chi connectivity index (χ1) is 10.3. The highest BCUT2D eigenvalue weighted by Crippen LogP contribution is 2.26. The lowest BCUT2D eigenvalue weighted by Gasteiger charge is -2.18. The molecule has 2 heterocycles. The van der Waals surface area contributed by atoms with Crippen LogP contribution in [0.1, 0.15) is 36.2 Å². The highest BCUT2D eigenvalue weighted by atomic mass is 32.1. The van der Waals surface area contributed by atoms with Gasteiger partial charge in [0, 0.05) is 11.1 Å². The molecule has 0 fully saturated rings. The quantitative estimate of drug-likeness (QED) is 0.738. The molecule has 1 N–H and O–H groups in total. The molecule has 1 atom stereocenters. The van der Waals surface area contributed by atoms with Gasteiger partial charge in [0.2, 0.25) is 0 Å². The van der Waals surface area contributed by atoms with Gasteiger partial charge in [-0.3, -0.25) is 4.98 Å². The predicted molar refractivity (Wildman–Crippen MR) is 90.9 cm³/mol. The van der Waals surface area contributed by atoms with E-state index in [0.29, 0.717) is 0 Å². The van der Waals surface area contributed by atoms with Crippen LogP contribution in [0, 0.1) is 6.92 Å². The minimum Gasteiger partial charge on any atom is -0.306 e. The van der Waals surface area contributed by atoms with Gasteiger partial charge in [0.15, 0.2) is 0 Å². The fourth-order valence-corrected chi connectivity index (χ4v) is 3.27. The second-order valence-electron chi connectivity index (χ2n) is 5.35. The SMILES string of the molecule is CCCNC(c1ccsc1)c1ccc2nc(C)ccc2c1. The number of aromatic nitrogens is 1. The molecule has 3 rings (SSSR count). The summed E-state index contributed by atoms with van der Waals surface area (Å²) in [7, 11) is 0. The van der Waals surface area contributed by atoms with Crippen molar-refractivity contribution in [2.45, 2.75) is 26.3 Å². The summed E-state index contributed by atoms with van der Waals surface area (Å²) >= 11 is 1.75. The Bertz CT molecular complexity index is 719. The van der Waals surface area contributed by atoms with Crippen molar-refractivity contribution in [1.29, 1.82) is 0 Å². The monoisotopic (exact) mass is 296 g/mol. The van der Waals surface area contributed by atoms with Gasteiger partial charge in [-0.2, -0.15) is 11.3 Å². The molecular formula is C18H20N2S. The summed E-state index contributed by atoms with van der Waals surface area (Å²) in [6.07, 6.45) is 1.13.